The third kappa shape index (κ3) is 3.23. The predicted octanol–water partition coefficient (Wildman–Crippen LogP) is 2.21. The Hall–Kier alpha value is -1.54. The summed E-state index contributed by atoms with van der Waals surface area (Å²) in [5.74, 6) is -4.40. The molecular weight excluding hydrogens is 282 g/mol. The molecule has 0 aromatic heterocycles. The molecule has 9 heteroatoms. The molecule has 0 spiro atoms. The molecule has 4 N–H and O–H groups in total. The molecule has 18 heavy (non-hydrogen) atoms. The van der Waals surface area contributed by atoms with Gasteiger partial charge in [-0.3, -0.25) is 0 Å². The van der Waals surface area contributed by atoms with Crippen LogP contribution in [0.3, 0.4) is 0 Å². The number of benzene rings is 1. The van der Waals surface area contributed by atoms with Crippen molar-refractivity contribution in [2.45, 2.75) is 12.2 Å². The first kappa shape index (κ1) is 16.5. The summed E-state index contributed by atoms with van der Waals surface area (Å²) >= 11 is 0. The number of halogens is 5. The van der Waals surface area contributed by atoms with Crippen molar-refractivity contribution in [3.63, 3.8) is 0 Å². The normalized spacial score (nSPS) is 12.7. The summed E-state index contributed by atoms with van der Waals surface area (Å²) in [6, 6.07) is -1.76. The maximum Gasteiger partial charge on any atom is 0.407 e. The second kappa shape index (κ2) is 5.40. The number of carbonyl (C=O) groups is 1. The molecule has 1 aromatic carbocycles. The second-order valence-corrected chi connectivity index (χ2v) is 3.22. The van der Waals surface area contributed by atoms with Gasteiger partial charge in [-0.1, -0.05) is 0 Å². The minimum absolute atomic E-state index is 0. The SMILES string of the molecule is Cl.N[C@H](c1cc(C(=O)O)cc(F)c1O)C(F)(F)F. The first-order chi connectivity index (χ1) is 7.64. The van der Waals surface area contributed by atoms with E-state index < -0.39 is 40.9 Å². The third-order valence-electron chi connectivity index (χ3n) is 2.03. The average molecular weight is 290 g/mol. The Labute approximate surface area is 104 Å². The van der Waals surface area contributed by atoms with Gasteiger partial charge >= 0.3 is 12.1 Å². The number of carboxylic acid groups (broad SMARTS) is 1. The number of nitrogens with two attached hydrogens (primary N) is 1. The first-order valence-corrected chi connectivity index (χ1v) is 4.22. The molecule has 0 radical (unpaired) electrons. The van der Waals surface area contributed by atoms with Gasteiger partial charge in [0, 0.05) is 5.56 Å². The van der Waals surface area contributed by atoms with Gasteiger partial charge in [-0.05, 0) is 12.1 Å². The number of hydrogen-bond donors (Lipinski definition) is 3. The van der Waals surface area contributed by atoms with Gasteiger partial charge in [0.2, 0.25) is 0 Å². The standard InChI is InChI=1S/C9H7F4NO3.ClH/c10-5-2-3(8(16)17)1-4(6(5)15)7(14)9(11,12)13;/h1-2,7,15H,14H2,(H,16,17);1H/t7-;/m1./s1. The topological polar surface area (TPSA) is 83.6 Å². The number of hydrogen-bond acceptors (Lipinski definition) is 3. The lowest BCUT2D eigenvalue weighted by Crippen LogP contribution is -2.29. The molecule has 102 valence electrons. The molecule has 1 aromatic rings. The third-order valence-corrected chi connectivity index (χ3v) is 2.03. The van der Waals surface area contributed by atoms with Crippen molar-refractivity contribution in [2.75, 3.05) is 0 Å². The minimum Gasteiger partial charge on any atom is -0.505 e. The molecule has 4 nitrogen and oxygen atoms in total. The summed E-state index contributed by atoms with van der Waals surface area (Å²) in [7, 11) is 0. The fraction of sp³-hybridized carbons (Fsp3) is 0.222. The lowest BCUT2D eigenvalue weighted by Gasteiger charge is -2.17. The number of phenols is 1. The maximum atomic E-state index is 13.0. The summed E-state index contributed by atoms with van der Waals surface area (Å²) < 4.78 is 49.8. The molecule has 0 aliphatic heterocycles. The number of aromatic carboxylic acids is 1. The molecule has 0 unspecified atom stereocenters. The summed E-state index contributed by atoms with van der Waals surface area (Å²) in [5, 5.41) is 17.6. The Kier molecular flexibility index (Phi) is 4.94. The van der Waals surface area contributed by atoms with Crippen LogP contribution in [0.15, 0.2) is 12.1 Å². The predicted molar refractivity (Wildman–Crippen MR) is 55.3 cm³/mol. The first-order valence-electron chi connectivity index (χ1n) is 4.22. The summed E-state index contributed by atoms with van der Waals surface area (Å²) in [6.07, 6.45) is -4.92. The Morgan fingerprint density at radius 2 is 1.83 bits per heavy atom. The van der Waals surface area contributed by atoms with Crippen LogP contribution in [0.5, 0.6) is 5.75 Å². The molecule has 0 heterocycles. The molecule has 0 aliphatic rings. The van der Waals surface area contributed by atoms with E-state index >= 15 is 0 Å². The largest absolute Gasteiger partial charge is 0.505 e. The van der Waals surface area contributed by atoms with Crippen molar-refractivity contribution >= 4 is 18.4 Å². The van der Waals surface area contributed by atoms with Crippen LogP contribution in [0.4, 0.5) is 17.6 Å². The molecular formula is C9H8ClF4NO3. The molecule has 0 bridgehead atoms. The van der Waals surface area contributed by atoms with Crippen molar-refractivity contribution in [1.82, 2.24) is 0 Å². The summed E-state index contributed by atoms with van der Waals surface area (Å²) in [4.78, 5) is 10.5. The monoisotopic (exact) mass is 289 g/mol. The second-order valence-electron chi connectivity index (χ2n) is 3.22. The molecule has 0 saturated carbocycles. The molecule has 0 amide bonds. The van der Waals surface area contributed by atoms with Gasteiger partial charge in [0.1, 0.15) is 6.04 Å². The highest BCUT2D eigenvalue weighted by Gasteiger charge is 2.40. The zero-order valence-corrected chi connectivity index (χ0v) is 9.35. The maximum absolute atomic E-state index is 13.0. The Bertz CT molecular complexity index is 464. The van der Waals surface area contributed by atoms with Gasteiger partial charge in [-0.15, -0.1) is 12.4 Å². The molecule has 0 saturated heterocycles. The van der Waals surface area contributed by atoms with Crippen LogP contribution < -0.4 is 5.73 Å². The van der Waals surface area contributed by atoms with Gasteiger partial charge < -0.3 is 15.9 Å². The van der Waals surface area contributed by atoms with Crippen molar-refractivity contribution in [2.24, 2.45) is 5.73 Å². The van der Waals surface area contributed by atoms with Crippen LogP contribution >= 0.6 is 12.4 Å². The van der Waals surface area contributed by atoms with Gasteiger partial charge in [0.05, 0.1) is 5.56 Å². The summed E-state index contributed by atoms with van der Waals surface area (Å²) in [5.41, 5.74) is 3.02. The van der Waals surface area contributed by atoms with Crippen LogP contribution in [-0.2, 0) is 0 Å². The van der Waals surface area contributed by atoms with Crippen LogP contribution in [0, 0.1) is 5.82 Å². The molecule has 0 aliphatic carbocycles. The smallest absolute Gasteiger partial charge is 0.407 e. The van der Waals surface area contributed by atoms with Crippen LogP contribution in [0.2, 0.25) is 0 Å². The van der Waals surface area contributed by atoms with E-state index in [9.17, 15) is 22.4 Å². The van der Waals surface area contributed by atoms with E-state index in [4.69, 9.17) is 15.9 Å². The average Bonchev–Trinajstić information content (AvgIpc) is 2.19. The Balaban J connectivity index is 0.00000289. The fourth-order valence-corrected chi connectivity index (χ4v) is 1.16. The highest BCUT2D eigenvalue weighted by atomic mass is 35.5. The van der Waals surface area contributed by atoms with Crippen molar-refractivity contribution in [1.29, 1.82) is 0 Å². The van der Waals surface area contributed by atoms with E-state index in [0.29, 0.717) is 12.1 Å². The van der Waals surface area contributed by atoms with E-state index in [0.717, 1.165) is 0 Å². The highest BCUT2D eigenvalue weighted by Crippen LogP contribution is 2.36. The molecule has 1 atom stereocenters. The number of aromatic hydroxyl groups is 1. The Morgan fingerprint density at radius 3 is 2.22 bits per heavy atom. The van der Waals surface area contributed by atoms with Crippen LogP contribution in [0.1, 0.15) is 22.0 Å². The van der Waals surface area contributed by atoms with E-state index in [1.165, 1.54) is 0 Å². The number of rotatable bonds is 2. The van der Waals surface area contributed by atoms with Crippen molar-refractivity contribution < 1.29 is 32.6 Å². The van der Waals surface area contributed by atoms with E-state index in [1.807, 2.05) is 0 Å². The van der Waals surface area contributed by atoms with Gasteiger partial charge in [-0.25, -0.2) is 9.18 Å². The fourth-order valence-electron chi connectivity index (χ4n) is 1.16. The zero-order valence-electron chi connectivity index (χ0n) is 8.53. The van der Waals surface area contributed by atoms with Gasteiger partial charge in [-0.2, -0.15) is 13.2 Å². The lowest BCUT2D eigenvalue weighted by molar-refractivity contribution is -0.149. The van der Waals surface area contributed by atoms with Gasteiger partial charge in [0.25, 0.3) is 0 Å². The number of phenolic OH excluding ortho intramolecular Hbond substituents is 1. The molecule has 1 rings (SSSR count). The zero-order chi connectivity index (χ0) is 13.4. The lowest BCUT2D eigenvalue weighted by atomic mass is 10.0. The number of carboxylic acids is 1. The summed E-state index contributed by atoms with van der Waals surface area (Å²) in [6.45, 7) is 0. The minimum atomic E-state index is -4.92. The van der Waals surface area contributed by atoms with E-state index in [1.54, 1.807) is 0 Å². The van der Waals surface area contributed by atoms with Crippen LogP contribution in [0.25, 0.3) is 0 Å². The number of alkyl halides is 3. The quantitative estimate of drug-likeness (QED) is 0.729. The van der Waals surface area contributed by atoms with Gasteiger partial charge in [0.15, 0.2) is 11.6 Å². The van der Waals surface area contributed by atoms with E-state index in [2.05, 4.69) is 0 Å². The van der Waals surface area contributed by atoms with E-state index in [-0.39, 0.29) is 12.4 Å². The highest BCUT2D eigenvalue weighted by molar-refractivity contribution is 5.88. The molecule has 0 fully saturated rings. The Morgan fingerprint density at radius 1 is 1.33 bits per heavy atom. The van der Waals surface area contributed by atoms with Crippen molar-refractivity contribution in [3.8, 4) is 5.75 Å². The van der Waals surface area contributed by atoms with Crippen molar-refractivity contribution in [3.05, 3.63) is 29.1 Å². The van der Waals surface area contributed by atoms with Crippen LogP contribution in [-0.4, -0.2) is 22.4 Å².